The minimum Gasteiger partial charge on any atom is -0.294 e. The largest absolute Gasteiger partial charge is 0.294 e. The third kappa shape index (κ3) is 0.521. The molecule has 0 amide bonds. The Balaban J connectivity index is 2.37. The average Bonchev–Trinajstić information content (AvgIpc) is 2.17. The van der Waals surface area contributed by atoms with E-state index in [4.69, 9.17) is 0 Å². The van der Waals surface area contributed by atoms with Gasteiger partial charge in [-0.2, -0.15) is 0 Å². The molecule has 2 radical (unpaired) electrons. The second-order valence-corrected chi connectivity index (χ2v) is 1.79. The summed E-state index contributed by atoms with van der Waals surface area (Å²) < 4.78 is 0. The van der Waals surface area contributed by atoms with E-state index in [1.807, 2.05) is 13.8 Å². The minimum absolute atomic E-state index is 0.294. The highest BCUT2D eigenvalue weighted by atomic mass is 16.3. The van der Waals surface area contributed by atoms with Crippen LogP contribution in [-0.2, 0) is 5.11 Å². The summed E-state index contributed by atoms with van der Waals surface area (Å²) in [6.07, 6.45) is 0.921. The molecule has 1 nitrogen and oxygen atoms in total. The molecule has 0 aromatic carbocycles. The SMILES string of the molecule is CC[C]1C(C)=C1[O]. The second-order valence-electron chi connectivity index (χ2n) is 1.79. The Morgan fingerprint density at radius 2 is 2.00 bits per heavy atom. The van der Waals surface area contributed by atoms with Gasteiger partial charge in [-0.3, -0.25) is 5.11 Å². The Morgan fingerprint density at radius 1 is 1.57 bits per heavy atom. The van der Waals surface area contributed by atoms with Crippen molar-refractivity contribution in [3.05, 3.63) is 17.3 Å². The smallest absolute Gasteiger partial charge is 0.167 e. The fraction of sp³-hybridized carbons (Fsp3) is 0.500. The Kier molecular flexibility index (Phi) is 0.841. The van der Waals surface area contributed by atoms with Crippen LogP contribution in [0.4, 0.5) is 0 Å². The van der Waals surface area contributed by atoms with Gasteiger partial charge in [-0.25, -0.2) is 0 Å². The molecule has 0 aromatic heterocycles. The molecule has 38 valence electrons. The standard InChI is InChI=1S/C6H8O/c1-3-5-4(2)6(5)7/h3H2,1-2H3. The summed E-state index contributed by atoms with van der Waals surface area (Å²) in [6.45, 7) is 3.88. The van der Waals surface area contributed by atoms with Crippen molar-refractivity contribution in [2.45, 2.75) is 20.3 Å². The van der Waals surface area contributed by atoms with Gasteiger partial charge in [-0.1, -0.05) is 6.92 Å². The van der Waals surface area contributed by atoms with Gasteiger partial charge < -0.3 is 0 Å². The van der Waals surface area contributed by atoms with Crippen LogP contribution in [0.5, 0.6) is 0 Å². The Hall–Kier alpha value is -0.460. The molecule has 7 heavy (non-hydrogen) atoms. The van der Waals surface area contributed by atoms with Gasteiger partial charge in [0.15, 0.2) is 5.76 Å². The molecule has 0 aliphatic heterocycles. The van der Waals surface area contributed by atoms with Crippen LogP contribution in [0.3, 0.4) is 0 Å². The van der Waals surface area contributed by atoms with Crippen LogP contribution < -0.4 is 0 Å². The molecule has 1 rings (SSSR count). The molecule has 0 heterocycles. The summed E-state index contributed by atoms with van der Waals surface area (Å²) in [6, 6.07) is 0. The highest BCUT2D eigenvalue weighted by molar-refractivity contribution is 5.53. The van der Waals surface area contributed by atoms with Crippen molar-refractivity contribution in [2.75, 3.05) is 0 Å². The summed E-state index contributed by atoms with van der Waals surface area (Å²) in [5, 5.41) is 10.4. The van der Waals surface area contributed by atoms with E-state index in [1.165, 1.54) is 0 Å². The van der Waals surface area contributed by atoms with E-state index in [-0.39, 0.29) is 0 Å². The summed E-state index contributed by atoms with van der Waals surface area (Å²) in [7, 11) is 0. The molecule has 0 spiro atoms. The second kappa shape index (κ2) is 1.25. The van der Waals surface area contributed by atoms with Crippen molar-refractivity contribution in [3.63, 3.8) is 0 Å². The minimum atomic E-state index is 0.294. The summed E-state index contributed by atoms with van der Waals surface area (Å²) >= 11 is 0. The number of rotatable bonds is 1. The normalized spacial score (nSPS) is 20.9. The predicted octanol–water partition coefficient (Wildman–Crippen LogP) is 1.69. The van der Waals surface area contributed by atoms with Crippen LogP contribution >= 0.6 is 0 Å². The van der Waals surface area contributed by atoms with Crippen molar-refractivity contribution in [3.8, 4) is 0 Å². The lowest BCUT2D eigenvalue weighted by atomic mass is 10.2. The van der Waals surface area contributed by atoms with Crippen molar-refractivity contribution >= 4 is 0 Å². The molecular formula is C6H8O. The van der Waals surface area contributed by atoms with Gasteiger partial charge in [0.05, 0.1) is 5.92 Å². The Morgan fingerprint density at radius 3 is 2.00 bits per heavy atom. The molecule has 1 heteroatoms. The van der Waals surface area contributed by atoms with E-state index < -0.39 is 0 Å². The van der Waals surface area contributed by atoms with Gasteiger partial charge in [0.25, 0.3) is 0 Å². The van der Waals surface area contributed by atoms with Crippen molar-refractivity contribution < 1.29 is 5.11 Å². The number of hydrogen-bond donors (Lipinski definition) is 0. The van der Waals surface area contributed by atoms with E-state index in [1.54, 1.807) is 0 Å². The van der Waals surface area contributed by atoms with Gasteiger partial charge in [0, 0.05) is 0 Å². The molecule has 1 aliphatic carbocycles. The highest BCUT2D eigenvalue weighted by Crippen LogP contribution is 2.41. The van der Waals surface area contributed by atoms with Crippen LogP contribution in [0.25, 0.3) is 0 Å². The van der Waals surface area contributed by atoms with Gasteiger partial charge >= 0.3 is 0 Å². The van der Waals surface area contributed by atoms with Crippen LogP contribution in [-0.4, -0.2) is 0 Å². The fourth-order valence-corrected chi connectivity index (χ4v) is 0.733. The number of allylic oxidation sites excluding steroid dienone is 2. The first-order chi connectivity index (χ1) is 3.27. The maximum absolute atomic E-state index is 10.4. The first-order valence-corrected chi connectivity index (χ1v) is 2.51. The van der Waals surface area contributed by atoms with E-state index in [2.05, 4.69) is 0 Å². The zero-order valence-electron chi connectivity index (χ0n) is 4.62. The molecule has 0 fully saturated rings. The lowest BCUT2D eigenvalue weighted by molar-refractivity contribution is 0.321. The van der Waals surface area contributed by atoms with Gasteiger partial charge in [0.2, 0.25) is 0 Å². The topological polar surface area (TPSA) is 19.9 Å². The van der Waals surface area contributed by atoms with Crippen molar-refractivity contribution in [1.82, 2.24) is 0 Å². The van der Waals surface area contributed by atoms with Crippen molar-refractivity contribution in [2.24, 2.45) is 0 Å². The quantitative estimate of drug-likeness (QED) is 0.473. The van der Waals surface area contributed by atoms with Crippen LogP contribution in [0, 0.1) is 5.92 Å². The first-order valence-electron chi connectivity index (χ1n) is 2.51. The number of hydrogen-bond acceptors (Lipinski definition) is 0. The van der Waals surface area contributed by atoms with E-state index in [0.29, 0.717) is 5.76 Å². The lowest BCUT2D eigenvalue weighted by Crippen LogP contribution is -1.70. The zero-order chi connectivity index (χ0) is 5.44. The molecule has 0 unspecified atom stereocenters. The fourth-order valence-electron chi connectivity index (χ4n) is 0.733. The highest BCUT2D eigenvalue weighted by Gasteiger charge is 2.33. The zero-order valence-corrected chi connectivity index (χ0v) is 4.62. The third-order valence-corrected chi connectivity index (χ3v) is 1.36. The summed E-state index contributed by atoms with van der Waals surface area (Å²) in [4.78, 5) is 0. The molecule has 0 saturated heterocycles. The summed E-state index contributed by atoms with van der Waals surface area (Å²) in [5.41, 5.74) is 0.988. The van der Waals surface area contributed by atoms with E-state index in [9.17, 15) is 5.11 Å². The Labute approximate surface area is 43.7 Å². The maximum Gasteiger partial charge on any atom is 0.167 e. The third-order valence-electron chi connectivity index (χ3n) is 1.36. The average molecular weight is 96.1 g/mol. The monoisotopic (exact) mass is 96.1 g/mol. The molecule has 0 aromatic rings. The first kappa shape index (κ1) is 4.69. The lowest BCUT2D eigenvalue weighted by Gasteiger charge is -1.79. The van der Waals surface area contributed by atoms with E-state index >= 15 is 0 Å². The van der Waals surface area contributed by atoms with E-state index in [0.717, 1.165) is 17.9 Å². The van der Waals surface area contributed by atoms with Crippen LogP contribution in [0.1, 0.15) is 20.3 Å². The maximum atomic E-state index is 10.4. The molecular weight excluding hydrogens is 88.1 g/mol. The molecule has 1 aliphatic rings. The molecule has 0 saturated carbocycles. The molecule has 0 bridgehead atoms. The molecule has 0 N–H and O–H groups in total. The predicted molar refractivity (Wildman–Crippen MR) is 26.9 cm³/mol. The van der Waals surface area contributed by atoms with Crippen molar-refractivity contribution in [1.29, 1.82) is 0 Å². The summed E-state index contributed by atoms with van der Waals surface area (Å²) in [5.74, 6) is 1.34. The van der Waals surface area contributed by atoms with Crippen LogP contribution in [0.2, 0.25) is 0 Å². The van der Waals surface area contributed by atoms with Gasteiger partial charge in [-0.15, -0.1) is 0 Å². The van der Waals surface area contributed by atoms with Crippen LogP contribution in [0.15, 0.2) is 11.3 Å². The molecule has 0 atom stereocenters. The van der Waals surface area contributed by atoms with Gasteiger partial charge in [-0.05, 0) is 18.9 Å². The van der Waals surface area contributed by atoms with Gasteiger partial charge in [0.1, 0.15) is 0 Å². The Bertz CT molecular complexity index is 101.